The molecule has 1 N–H and O–H groups in total. The number of benzene rings is 2. The Morgan fingerprint density at radius 1 is 1.07 bits per heavy atom. The normalized spacial score (nSPS) is 16.1. The Morgan fingerprint density at radius 3 is 2.47 bits per heavy atom. The molecule has 6 nitrogen and oxygen atoms in total. The number of halogens is 3. The van der Waals surface area contributed by atoms with Gasteiger partial charge in [-0.1, -0.05) is 12.1 Å². The van der Waals surface area contributed by atoms with E-state index in [2.05, 4.69) is 4.98 Å². The number of hydrogen-bond donors (Lipinski definition) is 1. The first-order valence-electron chi connectivity index (χ1n) is 9.08. The number of hydrogen-bond acceptors (Lipinski definition) is 4. The fourth-order valence-corrected chi connectivity index (χ4v) is 4.92. The Balaban J connectivity index is 1.82. The summed E-state index contributed by atoms with van der Waals surface area (Å²) in [6.07, 6.45) is -4.01. The second kappa shape index (κ2) is 7.53. The summed E-state index contributed by atoms with van der Waals surface area (Å²) in [5, 5.41) is 0.326. The van der Waals surface area contributed by atoms with Gasteiger partial charge in [0.2, 0.25) is 10.0 Å². The second-order valence-corrected chi connectivity index (χ2v) is 8.77. The van der Waals surface area contributed by atoms with Crippen molar-refractivity contribution in [1.29, 1.82) is 0 Å². The number of ether oxygens (including phenoxy) is 1. The van der Waals surface area contributed by atoms with E-state index in [1.807, 2.05) is 0 Å². The minimum Gasteiger partial charge on any atom is -0.379 e. The van der Waals surface area contributed by atoms with Crippen LogP contribution in [0.4, 0.5) is 13.2 Å². The maximum atomic E-state index is 13.1. The van der Waals surface area contributed by atoms with Crippen molar-refractivity contribution in [3.63, 3.8) is 0 Å². The molecule has 0 radical (unpaired) electrons. The highest BCUT2D eigenvalue weighted by Gasteiger charge is 2.31. The highest BCUT2D eigenvalue weighted by Crippen LogP contribution is 2.35. The molecule has 3 aromatic rings. The lowest BCUT2D eigenvalue weighted by molar-refractivity contribution is -0.137. The lowest BCUT2D eigenvalue weighted by Crippen LogP contribution is -2.40. The van der Waals surface area contributed by atoms with E-state index in [9.17, 15) is 26.4 Å². The van der Waals surface area contributed by atoms with Gasteiger partial charge in [0.1, 0.15) is 0 Å². The maximum Gasteiger partial charge on any atom is 0.416 e. The Bertz CT molecular complexity index is 1210. The monoisotopic (exact) mass is 438 g/mol. The third-order valence-corrected chi connectivity index (χ3v) is 6.91. The van der Waals surface area contributed by atoms with Crippen LogP contribution in [-0.2, 0) is 20.9 Å². The quantitative estimate of drug-likeness (QED) is 0.631. The molecule has 0 unspecified atom stereocenters. The van der Waals surface area contributed by atoms with Crippen molar-refractivity contribution in [3.8, 4) is 11.3 Å². The fourth-order valence-electron chi connectivity index (χ4n) is 3.49. The number of morpholine rings is 1. The van der Waals surface area contributed by atoms with E-state index in [0.717, 1.165) is 12.1 Å². The van der Waals surface area contributed by atoms with Crippen LogP contribution in [0.2, 0.25) is 0 Å². The van der Waals surface area contributed by atoms with E-state index < -0.39 is 21.8 Å². The summed E-state index contributed by atoms with van der Waals surface area (Å²) in [6.45, 7) is 1.04. The van der Waals surface area contributed by atoms with Gasteiger partial charge >= 0.3 is 6.18 Å². The average Bonchev–Trinajstić information content (AvgIpc) is 3.11. The number of carbonyl (C=O) groups is 1. The fraction of sp³-hybridized carbons (Fsp3) is 0.250. The highest BCUT2D eigenvalue weighted by molar-refractivity contribution is 7.89. The third kappa shape index (κ3) is 3.62. The molecule has 2 aromatic carbocycles. The van der Waals surface area contributed by atoms with Crippen LogP contribution < -0.4 is 0 Å². The molecule has 1 fully saturated rings. The van der Waals surface area contributed by atoms with Crippen molar-refractivity contribution in [2.75, 3.05) is 26.3 Å². The van der Waals surface area contributed by atoms with Gasteiger partial charge in [0.15, 0.2) is 6.29 Å². The van der Waals surface area contributed by atoms with Gasteiger partial charge in [0.25, 0.3) is 0 Å². The zero-order chi connectivity index (χ0) is 21.5. The minimum absolute atomic E-state index is 0.00888. The van der Waals surface area contributed by atoms with E-state index >= 15 is 0 Å². The van der Waals surface area contributed by atoms with Crippen LogP contribution in [0.5, 0.6) is 0 Å². The first-order chi connectivity index (χ1) is 14.2. The molecule has 0 atom stereocenters. The average molecular weight is 438 g/mol. The van der Waals surface area contributed by atoms with Gasteiger partial charge in [-0.25, -0.2) is 8.42 Å². The van der Waals surface area contributed by atoms with Gasteiger partial charge in [0.05, 0.1) is 29.4 Å². The van der Waals surface area contributed by atoms with Crippen LogP contribution in [0.1, 0.15) is 15.9 Å². The predicted molar refractivity (Wildman–Crippen MR) is 104 cm³/mol. The SMILES string of the molecule is O=Cc1c(-c2cccc(C(F)(F)F)c2)[nH]c2ccc(S(=O)(=O)N3CCOCC3)cc12. The number of aldehydes is 1. The number of carbonyl (C=O) groups excluding carboxylic acids is 1. The van der Waals surface area contributed by atoms with Crippen LogP contribution in [0.15, 0.2) is 47.4 Å². The molecule has 0 saturated carbocycles. The van der Waals surface area contributed by atoms with Crippen LogP contribution in [-0.4, -0.2) is 50.3 Å². The van der Waals surface area contributed by atoms with Crippen molar-refractivity contribution < 1.29 is 31.1 Å². The summed E-state index contributed by atoms with van der Waals surface area (Å²) >= 11 is 0. The number of nitrogens with zero attached hydrogens (tertiary/aromatic N) is 1. The summed E-state index contributed by atoms with van der Waals surface area (Å²) in [7, 11) is -3.79. The summed E-state index contributed by atoms with van der Waals surface area (Å²) in [4.78, 5) is 14.8. The lowest BCUT2D eigenvalue weighted by Gasteiger charge is -2.26. The number of alkyl halides is 3. The number of H-pyrrole nitrogens is 1. The van der Waals surface area contributed by atoms with E-state index in [4.69, 9.17) is 4.74 Å². The number of nitrogens with one attached hydrogen (secondary N) is 1. The smallest absolute Gasteiger partial charge is 0.379 e. The van der Waals surface area contributed by atoms with Gasteiger partial charge in [-0.3, -0.25) is 4.79 Å². The zero-order valence-electron chi connectivity index (χ0n) is 15.6. The molecule has 4 rings (SSSR count). The largest absolute Gasteiger partial charge is 0.416 e. The molecule has 10 heteroatoms. The molecular formula is C20H17F3N2O4S. The molecule has 30 heavy (non-hydrogen) atoms. The molecule has 158 valence electrons. The van der Waals surface area contributed by atoms with Crippen LogP contribution >= 0.6 is 0 Å². The first-order valence-corrected chi connectivity index (χ1v) is 10.5. The molecule has 0 bridgehead atoms. The first kappa shape index (κ1) is 20.6. The number of aromatic nitrogens is 1. The van der Waals surface area contributed by atoms with Gasteiger partial charge in [0, 0.05) is 29.6 Å². The van der Waals surface area contributed by atoms with E-state index in [-0.39, 0.29) is 34.8 Å². The molecule has 1 aliphatic heterocycles. The van der Waals surface area contributed by atoms with E-state index in [1.54, 1.807) is 0 Å². The zero-order valence-corrected chi connectivity index (χ0v) is 16.4. The standard InChI is InChI=1S/C20H17F3N2O4S/c21-20(22,23)14-3-1-2-13(10-14)19-17(12-26)16-11-15(4-5-18(16)24-19)30(27,28)25-6-8-29-9-7-25/h1-5,10-12,24H,6-9H2. The number of aromatic amines is 1. The van der Waals surface area contributed by atoms with Gasteiger partial charge in [-0.2, -0.15) is 17.5 Å². The van der Waals surface area contributed by atoms with Crippen LogP contribution in [0, 0.1) is 0 Å². The van der Waals surface area contributed by atoms with Crippen molar-refractivity contribution in [1.82, 2.24) is 9.29 Å². The number of fused-ring (bicyclic) bond motifs is 1. The van der Waals surface area contributed by atoms with Crippen molar-refractivity contribution >= 4 is 27.2 Å². The minimum atomic E-state index is -4.53. The molecule has 0 spiro atoms. The molecule has 0 aliphatic carbocycles. The van der Waals surface area contributed by atoms with Gasteiger partial charge in [-0.05, 0) is 35.9 Å². The topological polar surface area (TPSA) is 79.5 Å². The van der Waals surface area contributed by atoms with Crippen molar-refractivity contribution in [2.24, 2.45) is 0 Å². The van der Waals surface area contributed by atoms with Crippen molar-refractivity contribution in [2.45, 2.75) is 11.1 Å². The molecular weight excluding hydrogens is 421 g/mol. The Hall–Kier alpha value is -2.69. The summed E-state index contributed by atoms with van der Waals surface area (Å²) in [5.74, 6) is 0. The highest BCUT2D eigenvalue weighted by atomic mass is 32.2. The van der Waals surface area contributed by atoms with Gasteiger partial charge in [-0.15, -0.1) is 0 Å². The molecule has 0 amide bonds. The molecule has 1 aliphatic rings. The van der Waals surface area contributed by atoms with E-state index in [0.29, 0.717) is 30.4 Å². The number of sulfonamides is 1. The maximum absolute atomic E-state index is 13.1. The van der Waals surface area contributed by atoms with Crippen LogP contribution in [0.25, 0.3) is 22.2 Å². The molecule has 2 heterocycles. The van der Waals surface area contributed by atoms with Crippen molar-refractivity contribution in [3.05, 3.63) is 53.6 Å². The predicted octanol–water partition coefficient (Wildman–Crippen LogP) is 3.69. The van der Waals surface area contributed by atoms with E-state index in [1.165, 1.54) is 34.6 Å². The third-order valence-electron chi connectivity index (χ3n) is 5.01. The summed E-state index contributed by atoms with van der Waals surface area (Å²) < 4.78 is 71.5. The van der Waals surface area contributed by atoms with Crippen LogP contribution in [0.3, 0.4) is 0 Å². The summed E-state index contributed by atoms with van der Waals surface area (Å²) in [6, 6.07) is 8.89. The lowest BCUT2D eigenvalue weighted by atomic mass is 10.0. The Kier molecular flexibility index (Phi) is 5.16. The molecule has 1 saturated heterocycles. The Morgan fingerprint density at radius 2 is 1.80 bits per heavy atom. The number of rotatable bonds is 4. The molecule has 1 aromatic heterocycles. The summed E-state index contributed by atoms with van der Waals surface area (Å²) in [5.41, 5.74) is 0.0904. The Labute approximate surface area is 170 Å². The second-order valence-electron chi connectivity index (χ2n) is 6.83. The van der Waals surface area contributed by atoms with Gasteiger partial charge < -0.3 is 9.72 Å².